The van der Waals surface area contributed by atoms with Gasteiger partial charge in [0.1, 0.15) is 0 Å². The molecule has 2 N–H and O–H groups in total. The van der Waals surface area contributed by atoms with Gasteiger partial charge in [0.05, 0.1) is 0 Å². The summed E-state index contributed by atoms with van der Waals surface area (Å²) in [5.41, 5.74) is 0. The molecule has 0 bridgehead atoms. The molecule has 0 saturated heterocycles. The molecular formula is H2FMgO5P. The van der Waals surface area contributed by atoms with Crippen molar-refractivity contribution in [3.05, 3.63) is 0 Å². The van der Waals surface area contributed by atoms with Gasteiger partial charge >= 0.3 is 23.1 Å². The molecule has 0 saturated carbocycles. The van der Waals surface area contributed by atoms with E-state index >= 15 is 0 Å². The minimum Gasteiger partial charge on any atom is -1.00 e. The SMILES string of the molecule is O=P([O-])(O)OO.[F-].[Mg+2]. The van der Waals surface area contributed by atoms with Crippen LogP contribution in [0.3, 0.4) is 0 Å². The van der Waals surface area contributed by atoms with E-state index in [0.29, 0.717) is 0 Å². The Balaban J connectivity index is -0.000000125. The summed E-state index contributed by atoms with van der Waals surface area (Å²) in [7, 11) is -4.84. The fraction of sp³-hybridized carbons (Fsp3) is 0. The Kier molecular flexibility index (Phi) is 11.7. The average Bonchev–Trinajstić information content (AvgIpc) is 1.35. The summed E-state index contributed by atoms with van der Waals surface area (Å²) in [5.74, 6) is 0. The third kappa shape index (κ3) is 15.9. The van der Waals surface area contributed by atoms with Gasteiger partial charge in [0.15, 0.2) is 0 Å². The molecule has 0 aromatic heterocycles. The summed E-state index contributed by atoms with van der Waals surface area (Å²) in [5, 5.41) is 7.08. The van der Waals surface area contributed by atoms with E-state index in [9.17, 15) is 0 Å². The van der Waals surface area contributed by atoms with Gasteiger partial charge in [0.25, 0.3) is 7.82 Å². The molecule has 0 amide bonds. The molecule has 0 aliphatic rings. The number of rotatable bonds is 1. The smallest absolute Gasteiger partial charge is 1.00 e. The van der Waals surface area contributed by atoms with Crippen LogP contribution >= 0.6 is 7.82 Å². The van der Waals surface area contributed by atoms with E-state index in [0.717, 1.165) is 0 Å². The minimum atomic E-state index is -4.84. The Bertz CT molecular complexity index is 76.5. The molecule has 8 heavy (non-hydrogen) atoms. The molecule has 0 heterocycles. The summed E-state index contributed by atoms with van der Waals surface area (Å²) in [6.07, 6.45) is 0. The largest absolute Gasteiger partial charge is 2.00 e. The third-order valence-electron chi connectivity index (χ3n) is 0.103. The molecule has 0 aliphatic heterocycles. The van der Waals surface area contributed by atoms with Gasteiger partial charge in [0.2, 0.25) is 0 Å². The van der Waals surface area contributed by atoms with E-state index in [4.69, 9.17) is 19.6 Å². The van der Waals surface area contributed by atoms with Crippen molar-refractivity contribution < 1.29 is 29.0 Å². The van der Waals surface area contributed by atoms with Crippen LogP contribution in [0.1, 0.15) is 0 Å². The Hall–Kier alpha value is 0.766. The zero-order valence-corrected chi connectivity index (χ0v) is 5.96. The maximum Gasteiger partial charge on any atom is 2.00 e. The Morgan fingerprint density at radius 3 is 1.75 bits per heavy atom. The second-order valence-corrected chi connectivity index (χ2v) is 1.65. The molecule has 0 rings (SSSR count). The van der Waals surface area contributed by atoms with Crippen molar-refractivity contribution in [1.82, 2.24) is 0 Å². The van der Waals surface area contributed by atoms with Crippen LogP contribution < -0.4 is 9.60 Å². The van der Waals surface area contributed by atoms with Crippen LogP contribution in [0, 0.1) is 0 Å². The van der Waals surface area contributed by atoms with E-state index in [1.807, 2.05) is 0 Å². The molecule has 5 nitrogen and oxygen atoms in total. The van der Waals surface area contributed by atoms with Gasteiger partial charge in [-0.05, 0) is 0 Å². The van der Waals surface area contributed by atoms with Gasteiger partial charge in [-0.15, -0.1) is 0 Å². The van der Waals surface area contributed by atoms with Crippen LogP contribution in [0.25, 0.3) is 0 Å². The van der Waals surface area contributed by atoms with E-state index in [-0.39, 0.29) is 27.8 Å². The Labute approximate surface area is 60.3 Å². The van der Waals surface area contributed by atoms with Crippen molar-refractivity contribution in [1.29, 1.82) is 0 Å². The van der Waals surface area contributed by atoms with Crippen LogP contribution in [0.4, 0.5) is 0 Å². The predicted octanol–water partition coefficient (Wildman–Crippen LogP) is -4.44. The molecule has 46 valence electrons. The van der Waals surface area contributed by atoms with Crippen molar-refractivity contribution in [2.75, 3.05) is 0 Å². The first kappa shape index (κ1) is 15.9. The summed E-state index contributed by atoms with van der Waals surface area (Å²) < 4.78 is 11.6. The van der Waals surface area contributed by atoms with E-state index in [1.165, 1.54) is 0 Å². The van der Waals surface area contributed by atoms with Gasteiger partial charge in [-0.1, -0.05) is 0 Å². The fourth-order valence-electron chi connectivity index (χ4n) is 0. The second kappa shape index (κ2) is 5.89. The summed E-state index contributed by atoms with van der Waals surface area (Å²) >= 11 is 0. The summed E-state index contributed by atoms with van der Waals surface area (Å²) in [6.45, 7) is 0. The average molecular weight is 156 g/mol. The number of phosphoric acid groups is 1. The second-order valence-electron chi connectivity index (χ2n) is 0.550. The van der Waals surface area contributed by atoms with Gasteiger partial charge in [-0.2, -0.15) is 4.67 Å². The number of hydrogen-bond acceptors (Lipinski definition) is 4. The molecule has 0 spiro atoms. The molecule has 0 aliphatic carbocycles. The number of halogens is 1. The maximum atomic E-state index is 9.11. The molecule has 8 heteroatoms. The minimum absolute atomic E-state index is 0. The van der Waals surface area contributed by atoms with Gasteiger partial charge in [-0.25, -0.2) is 5.26 Å². The van der Waals surface area contributed by atoms with Gasteiger partial charge < -0.3 is 14.5 Å². The zero-order valence-electron chi connectivity index (χ0n) is 3.65. The Morgan fingerprint density at radius 2 is 1.75 bits per heavy atom. The molecule has 0 fully saturated rings. The van der Waals surface area contributed by atoms with Gasteiger partial charge in [0, 0.05) is 0 Å². The van der Waals surface area contributed by atoms with Crippen LogP contribution in [0.5, 0.6) is 0 Å². The molecule has 0 aromatic rings. The van der Waals surface area contributed by atoms with Crippen molar-refractivity contribution in [3.63, 3.8) is 0 Å². The van der Waals surface area contributed by atoms with Crippen molar-refractivity contribution in [3.8, 4) is 0 Å². The molecule has 0 radical (unpaired) electrons. The monoisotopic (exact) mass is 156 g/mol. The van der Waals surface area contributed by atoms with Crippen LogP contribution in [-0.4, -0.2) is 33.2 Å². The molecule has 0 aromatic carbocycles. The van der Waals surface area contributed by atoms with E-state index < -0.39 is 7.82 Å². The van der Waals surface area contributed by atoms with Crippen molar-refractivity contribution in [2.45, 2.75) is 0 Å². The first-order valence-corrected chi connectivity index (χ1v) is 2.43. The van der Waals surface area contributed by atoms with Crippen LogP contribution in [0.2, 0.25) is 0 Å². The third-order valence-corrected chi connectivity index (χ3v) is 0.310. The fourth-order valence-corrected chi connectivity index (χ4v) is 0. The summed E-state index contributed by atoms with van der Waals surface area (Å²) in [6, 6.07) is 0. The van der Waals surface area contributed by atoms with E-state index in [2.05, 4.69) is 4.67 Å². The van der Waals surface area contributed by atoms with Gasteiger partial charge in [-0.3, -0.25) is 4.57 Å². The standard InChI is InChI=1S/FH.Mg.H3O5P/c;;1-5-6(2,3)4/h1H;;1H,(H2,2,3,4)/q;+2;/p-2. The normalized spacial score (nSPS) is 14.9. The quantitative estimate of drug-likeness (QED) is 0.173. The molecular weight excluding hydrogens is 154 g/mol. The molecule has 1 unspecified atom stereocenters. The molecule has 1 atom stereocenters. The number of hydrogen-bond donors (Lipinski definition) is 2. The van der Waals surface area contributed by atoms with Crippen molar-refractivity contribution >= 4 is 30.9 Å². The zero-order chi connectivity index (χ0) is 5.21. The van der Waals surface area contributed by atoms with E-state index in [1.54, 1.807) is 0 Å². The van der Waals surface area contributed by atoms with Crippen molar-refractivity contribution in [2.24, 2.45) is 0 Å². The summed E-state index contributed by atoms with van der Waals surface area (Å²) in [4.78, 5) is 16.5. The predicted molar refractivity (Wildman–Crippen MR) is 19.3 cm³/mol. The Morgan fingerprint density at radius 1 is 1.62 bits per heavy atom. The van der Waals surface area contributed by atoms with Crippen LogP contribution in [0.15, 0.2) is 0 Å². The topological polar surface area (TPSA) is 89.8 Å². The van der Waals surface area contributed by atoms with Crippen LogP contribution in [-0.2, 0) is 9.24 Å². The first-order chi connectivity index (χ1) is 2.56. The first-order valence-electron chi connectivity index (χ1n) is 0.930. The maximum absolute atomic E-state index is 9.11.